The molecule has 2 rings (SSSR count). The number of carbonyl (C=O) groups excluding carboxylic acids is 1. The highest BCUT2D eigenvalue weighted by molar-refractivity contribution is 5.86. The van der Waals surface area contributed by atoms with Gasteiger partial charge < -0.3 is 20.5 Å². The summed E-state index contributed by atoms with van der Waals surface area (Å²) in [5.41, 5.74) is 6.72. The SMILES string of the molecule is CC(C)(C)c1ccc(OCCNC(=O)C2(N)CCOCC2)cc1. The molecular formula is C18H28N2O3. The summed E-state index contributed by atoms with van der Waals surface area (Å²) in [7, 11) is 0. The maximum absolute atomic E-state index is 12.1. The van der Waals surface area contributed by atoms with Gasteiger partial charge in [0, 0.05) is 13.2 Å². The lowest BCUT2D eigenvalue weighted by atomic mass is 9.87. The molecule has 128 valence electrons. The van der Waals surface area contributed by atoms with E-state index in [1.165, 1.54) is 5.56 Å². The highest BCUT2D eigenvalue weighted by Crippen LogP contribution is 2.24. The van der Waals surface area contributed by atoms with Gasteiger partial charge in [0.15, 0.2) is 0 Å². The number of nitrogens with one attached hydrogen (secondary N) is 1. The first-order valence-electron chi connectivity index (χ1n) is 8.19. The van der Waals surface area contributed by atoms with Crippen molar-refractivity contribution in [2.24, 2.45) is 5.73 Å². The quantitative estimate of drug-likeness (QED) is 0.814. The van der Waals surface area contributed by atoms with E-state index in [1.54, 1.807) is 0 Å². The molecule has 23 heavy (non-hydrogen) atoms. The lowest BCUT2D eigenvalue weighted by Crippen LogP contribution is -2.57. The number of amides is 1. The number of rotatable bonds is 5. The van der Waals surface area contributed by atoms with Gasteiger partial charge in [0.1, 0.15) is 12.4 Å². The normalized spacial score (nSPS) is 17.6. The van der Waals surface area contributed by atoms with Crippen LogP contribution in [-0.2, 0) is 14.9 Å². The minimum Gasteiger partial charge on any atom is -0.492 e. The van der Waals surface area contributed by atoms with Crippen LogP contribution in [0, 0.1) is 0 Å². The highest BCUT2D eigenvalue weighted by atomic mass is 16.5. The molecule has 1 aromatic rings. The van der Waals surface area contributed by atoms with Crippen LogP contribution in [0.5, 0.6) is 5.75 Å². The van der Waals surface area contributed by atoms with Crippen molar-refractivity contribution in [1.82, 2.24) is 5.32 Å². The number of ether oxygens (including phenoxy) is 2. The lowest BCUT2D eigenvalue weighted by molar-refractivity contribution is -0.129. The van der Waals surface area contributed by atoms with Crippen LogP contribution < -0.4 is 15.8 Å². The average Bonchev–Trinajstić information content (AvgIpc) is 2.51. The number of nitrogens with two attached hydrogens (primary N) is 1. The molecule has 0 unspecified atom stereocenters. The van der Waals surface area contributed by atoms with Crippen LogP contribution in [0.3, 0.4) is 0 Å². The van der Waals surface area contributed by atoms with Crippen LogP contribution >= 0.6 is 0 Å². The zero-order valence-corrected chi connectivity index (χ0v) is 14.4. The summed E-state index contributed by atoms with van der Waals surface area (Å²) in [6.45, 7) is 8.49. The third-order valence-electron chi connectivity index (χ3n) is 4.21. The molecule has 1 heterocycles. The van der Waals surface area contributed by atoms with Gasteiger partial charge in [0.2, 0.25) is 5.91 Å². The largest absolute Gasteiger partial charge is 0.492 e. The first-order chi connectivity index (χ1) is 10.8. The Morgan fingerprint density at radius 3 is 2.43 bits per heavy atom. The minimum absolute atomic E-state index is 0.118. The molecule has 1 saturated heterocycles. The molecule has 3 N–H and O–H groups in total. The topological polar surface area (TPSA) is 73.6 Å². The van der Waals surface area contributed by atoms with Gasteiger partial charge in [0.25, 0.3) is 0 Å². The molecule has 1 aliphatic heterocycles. The Labute approximate surface area is 138 Å². The van der Waals surface area contributed by atoms with Crippen LogP contribution in [-0.4, -0.2) is 37.8 Å². The second kappa shape index (κ2) is 7.32. The van der Waals surface area contributed by atoms with Crippen molar-refractivity contribution in [2.45, 2.75) is 44.6 Å². The molecule has 0 radical (unpaired) electrons. The number of hydrogen-bond donors (Lipinski definition) is 2. The van der Waals surface area contributed by atoms with E-state index < -0.39 is 5.54 Å². The van der Waals surface area contributed by atoms with Crippen molar-refractivity contribution in [2.75, 3.05) is 26.4 Å². The van der Waals surface area contributed by atoms with Crippen molar-refractivity contribution in [1.29, 1.82) is 0 Å². The summed E-state index contributed by atoms with van der Waals surface area (Å²) in [6.07, 6.45) is 1.13. The molecule has 1 amide bonds. The molecule has 5 nitrogen and oxygen atoms in total. The van der Waals surface area contributed by atoms with Crippen molar-refractivity contribution < 1.29 is 14.3 Å². The van der Waals surface area contributed by atoms with E-state index in [-0.39, 0.29) is 11.3 Å². The smallest absolute Gasteiger partial charge is 0.240 e. The summed E-state index contributed by atoms with van der Waals surface area (Å²) in [6, 6.07) is 8.08. The fourth-order valence-corrected chi connectivity index (χ4v) is 2.52. The Morgan fingerprint density at radius 2 is 1.87 bits per heavy atom. The molecule has 0 bridgehead atoms. The van der Waals surface area contributed by atoms with Gasteiger partial charge in [-0.05, 0) is 36.0 Å². The maximum Gasteiger partial charge on any atom is 0.240 e. The molecule has 0 spiro atoms. The first-order valence-corrected chi connectivity index (χ1v) is 8.19. The predicted octanol–water partition coefficient (Wildman–Crippen LogP) is 1.99. The summed E-state index contributed by atoms with van der Waals surface area (Å²) < 4.78 is 10.9. The van der Waals surface area contributed by atoms with E-state index in [9.17, 15) is 4.79 Å². The Kier molecular flexibility index (Phi) is 5.65. The molecule has 0 aliphatic carbocycles. The van der Waals surface area contributed by atoms with Crippen molar-refractivity contribution >= 4 is 5.91 Å². The zero-order chi connectivity index (χ0) is 16.9. The minimum atomic E-state index is -0.799. The van der Waals surface area contributed by atoms with Gasteiger partial charge in [-0.1, -0.05) is 32.9 Å². The third-order valence-corrected chi connectivity index (χ3v) is 4.21. The van der Waals surface area contributed by atoms with Crippen LogP contribution in [0.4, 0.5) is 0 Å². The Morgan fingerprint density at radius 1 is 1.26 bits per heavy atom. The third kappa shape index (κ3) is 4.94. The molecular weight excluding hydrogens is 292 g/mol. The van der Waals surface area contributed by atoms with Crippen molar-refractivity contribution in [3.8, 4) is 5.75 Å². The Hall–Kier alpha value is -1.59. The van der Waals surface area contributed by atoms with E-state index in [0.717, 1.165) is 5.75 Å². The predicted molar refractivity (Wildman–Crippen MR) is 90.6 cm³/mol. The van der Waals surface area contributed by atoms with Crippen LogP contribution in [0.2, 0.25) is 0 Å². The number of carbonyl (C=O) groups is 1. The van der Waals surface area contributed by atoms with Crippen LogP contribution in [0.25, 0.3) is 0 Å². The summed E-state index contributed by atoms with van der Waals surface area (Å²) >= 11 is 0. The molecule has 5 heteroatoms. The van der Waals surface area contributed by atoms with E-state index in [0.29, 0.717) is 39.2 Å². The first kappa shape index (κ1) is 17.8. The Balaban J connectivity index is 1.74. The van der Waals surface area contributed by atoms with Gasteiger partial charge in [0.05, 0.1) is 12.1 Å². The second-order valence-electron chi connectivity index (χ2n) is 7.15. The molecule has 1 aliphatic rings. The standard InChI is InChI=1S/C18H28N2O3/c1-17(2,3)14-4-6-15(7-5-14)23-13-10-20-16(21)18(19)8-11-22-12-9-18/h4-7H,8-13,19H2,1-3H3,(H,20,21). The van der Waals surface area contributed by atoms with Gasteiger partial charge in [-0.2, -0.15) is 0 Å². The summed E-state index contributed by atoms with van der Waals surface area (Å²) in [5.74, 6) is 0.688. The summed E-state index contributed by atoms with van der Waals surface area (Å²) in [5, 5.41) is 2.85. The zero-order valence-electron chi connectivity index (χ0n) is 14.4. The van der Waals surface area contributed by atoms with Gasteiger partial charge in [-0.25, -0.2) is 0 Å². The molecule has 1 aromatic carbocycles. The molecule has 0 atom stereocenters. The maximum atomic E-state index is 12.1. The average molecular weight is 320 g/mol. The van der Waals surface area contributed by atoms with Crippen molar-refractivity contribution in [3.05, 3.63) is 29.8 Å². The van der Waals surface area contributed by atoms with Crippen LogP contribution in [0.15, 0.2) is 24.3 Å². The monoisotopic (exact) mass is 320 g/mol. The lowest BCUT2D eigenvalue weighted by Gasteiger charge is -2.31. The highest BCUT2D eigenvalue weighted by Gasteiger charge is 2.35. The molecule has 1 fully saturated rings. The van der Waals surface area contributed by atoms with Crippen molar-refractivity contribution in [3.63, 3.8) is 0 Å². The van der Waals surface area contributed by atoms with Gasteiger partial charge in [-0.3, -0.25) is 4.79 Å². The van der Waals surface area contributed by atoms with E-state index in [2.05, 4.69) is 38.2 Å². The Bertz CT molecular complexity index is 514. The summed E-state index contributed by atoms with van der Waals surface area (Å²) in [4.78, 5) is 12.1. The number of hydrogen-bond acceptors (Lipinski definition) is 4. The van der Waals surface area contributed by atoms with Gasteiger partial charge >= 0.3 is 0 Å². The van der Waals surface area contributed by atoms with Crippen LogP contribution in [0.1, 0.15) is 39.2 Å². The van der Waals surface area contributed by atoms with E-state index in [1.807, 2.05) is 12.1 Å². The number of benzene rings is 1. The molecule has 0 aromatic heterocycles. The fraction of sp³-hybridized carbons (Fsp3) is 0.611. The van der Waals surface area contributed by atoms with E-state index in [4.69, 9.17) is 15.2 Å². The molecule has 0 saturated carbocycles. The second-order valence-corrected chi connectivity index (χ2v) is 7.15. The fourth-order valence-electron chi connectivity index (χ4n) is 2.52. The van der Waals surface area contributed by atoms with Gasteiger partial charge in [-0.15, -0.1) is 0 Å². The van der Waals surface area contributed by atoms with E-state index >= 15 is 0 Å².